The van der Waals surface area contributed by atoms with E-state index < -0.39 is 20.0 Å². The van der Waals surface area contributed by atoms with Crippen molar-refractivity contribution in [1.29, 1.82) is 5.26 Å². The highest BCUT2D eigenvalue weighted by Gasteiger charge is 2.43. The lowest BCUT2D eigenvalue weighted by molar-refractivity contribution is 0.582. The maximum Gasteiger partial charge on any atom is 0.278 e. The first-order valence-electron chi connectivity index (χ1n) is 14.9. The number of aryl methyl sites for hydroxylation is 2. The number of nitrogens with zero attached hydrogens (tertiary/aromatic N) is 3. The third-order valence-electron chi connectivity index (χ3n) is 7.89. The summed E-state index contributed by atoms with van der Waals surface area (Å²) >= 11 is 0. The molecule has 0 bridgehead atoms. The summed E-state index contributed by atoms with van der Waals surface area (Å²) in [6.07, 6.45) is 0. The zero-order chi connectivity index (χ0) is 33.2. The average molecular weight is 658 g/mol. The van der Waals surface area contributed by atoms with E-state index in [9.17, 15) is 22.1 Å². The number of nitriles is 1. The molecule has 0 fully saturated rings. The highest BCUT2D eigenvalue weighted by atomic mass is 32.3. The molecule has 0 saturated heterocycles. The van der Waals surface area contributed by atoms with E-state index in [0.717, 1.165) is 16.7 Å². The van der Waals surface area contributed by atoms with Crippen LogP contribution in [0, 0.1) is 25.2 Å². The Kier molecular flexibility index (Phi) is 8.56. The van der Waals surface area contributed by atoms with Crippen LogP contribution in [0.15, 0.2) is 149 Å². The van der Waals surface area contributed by atoms with Crippen molar-refractivity contribution >= 4 is 25.9 Å². The first kappa shape index (κ1) is 31.5. The van der Waals surface area contributed by atoms with Crippen LogP contribution in [0.5, 0.6) is 0 Å². The van der Waals surface area contributed by atoms with Gasteiger partial charge in [-0.1, -0.05) is 126 Å². The second-order valence-corrected chi connectivity index (χ2v) is 15.0. The minimum absolute atomic E-state index is 0.0747. The minimum Gasteiger partial charge on any atom is -0.320 e. The Morgan fingerprint density at radius 2 is 1.02 bits per heavy atom. The molecule has 47 heavy (non-hydrogen) atoms. The standard InChI is InChI=1S/C38H31N3O4S2/c1-28-18-22-33(23-19-28)46(42,43)41(47(44,45)34-24-20-29(2)21-25-34)38-35(26-39)36(31-14-8-4-9-15-31)37(32-16-10-5-11-17-32)40(38)27-30-12-6-3-7-13-30/h3-25H,27H2,1-2H3. The third kappa shape index (κ3) is 5.97. The van der Waals surface area contributed by atoms with Gasteiger partial charge in [-0.15, -0.1) is 3.71 Å². The zero-order valence-corrected chi connectivity index (χ0v) is 27.4. The van der Waals surface area contributed by atoms with Crippen LogP contribution >= 0.6 is 0 Å². The second kappa shape index (κ2) is 12.8. The van der Waals surface area contributed by atoms with Crippen molar-refractivity contribution < 1.29 is 16.8 Å². The molecule has 0 saturated carbocycles. The van der Waals surface area contributed by atoms with E-state index in [1.54, 1.807) is 28.8 Å². The van der Waals surface area contributed by atoms with Gasteiger partial charge in [-0.25, -0.2) is 0 Å². The van der Waals surface area contributed by atoms with Gasteiger partial charge < -0.3 is 4.57 Å². The monoisotopic (exact) mass is 657 g/mol. The van der Waals surface area contributed by atoms with Crippen molar-refractivity contribution in [3.63, 3.8) is 0 Å². The van der Waals surface area contributed by atoms with Gasteiger partial charge in [0.05, 0.1) is 15.5 Å². The van der Waals surface area contributed by atoms with Crippen LogP contribution in [-0.2, 0) is 26.6 Å². The van der Waals surface area contributed by atoms with Crippen LogP contribution < -0.4 is 3.71 Å². The quantitative estimate of drug-likeness (QED) is 0.157. The molecule has 6 rings (SSSR count). The lowest BCUT2D eigenvalue weighted by atomic mass is 9.98. The molecule has 7 nitrogen and oxygen atoms in total. The Bertz CT molecular complexity index is 2220. The molecule has 0 aliphatic carbocycles. The van der Waals surface area contributed by atoms with E-state index in [2.05, 4.69) is 6.07 Å². The van der Waals surface area contributed by atoms with E-state index in [1.807, 2.05) is 105 Å². The lowest BCUT2D eigenvalue weighted by Crippen LogP contribution is -2.39. The Morgan fingerprint density at radius 1 is 0.596 bits per heavy atom. The van der Waals surface area contributed by atoms with Crippen molar-refractivity contribution in [2.45, 2.75) is 30.2 Å². The molecule has 0 aliphatic heterocycles. The molecule has 0 radical (unpaired) electrons. The summed E-state index contributed by atoms with van der Waals surface area (Å²) in [5.41, 5.74) is 4.56. The van der Waals surface area contributed by atoms with E-state index in [1.165, 1.54) is 24.3 Å². The molecule has 0 N–H and O–H groups in total. The fraction of sp³-hybridized carbons (Fsp3) is 0.0789. The van der Waals surface area contributed by atoms with Gasteiger partial charge in [0.25, 0.3) is 20.0 Å². The van der Waals surface area contributed by atoms with E-state index in [-0.39, 0.29) is 27.7 Å². The van der Waals surface area contributed by atoms with Gasteiger partial charge in [0.1, 0.15) is 11.6 Å². The summed E-state index contributed by atoms with van der Waals surface area (Å²) < 4.78 is 61.4. The Morgan fingerprint density at radius 3 is 1.47 bits per heavy atom. The summed E-state index contributed by atoms with van der Waals surface area (Å²) in [6, 6.07) is 42.0. The summed E-state index contributed by atoms with van der Waals surface area (Å²) in [6.45, 7) is 3.70. The van der Waals surface area contributed by atoms with E-state index in [0.29, 0.717) is 26.1 Å². The number of sulfonamides is 2. The number of rotatable bonds is 9. The third-order valence-corrected chi connectivity index (χ3v) is 12.0. The molecular formula is C38H31N3O4S2. The number of aromatic nitrogens is 1. The molecular weight excluding hydrogens is 627 g/mol. The number of anilines is 1. The molecule has 0 aliphatic rings. The smallest absolute Gasteiger partial charge is 0.278 e. The van der Waals surface area contributed by atoms with Gasteiger partial charge in [0.15, 0.2) is 5.82 Å². The molecule has 234 valence electrons. The zero-order valence-electron chi connectivity index (χ0n) is 25.8. The van der Waals surface area contributed by atoms with Crippen molar-refractivity contribution in [2.24, 2.45) is 0 Å². The molecule has 0 spiro atoms. The van der Waals surface area contributed by atoms with Crippen LogP contribution in [-0.4, -0.2) is 21.4 Å². The summed E-state index contributed by atoms with van der Waals surface area (Å²) in [5, 5.41) is 10.9. The SMILES string of the molecule is Cc1ccc(S(=O)(=O)N(c2c(C#N)c(-c3ccccc3)c(-c3ccccc3)n2Cc2ccccc2)S(=O)(=O)c2ccc(C)cc2)cc1. The van der Waals surface area contributed by atoms with Crippen molar-refractivity contribution in [3.8, 4) is 28.5 Å². The predicted octanol–water partition coefficient (Wildman–Crippen LogP) is 7.94. The van der Waals surface area contributed by atoms with Gasteiger partial charge in [-0.3, -0.25) is 0 Å². The van der Waals surface area contributed by atoms with E-state index in [4.69, 9.17) is 0 Å². The maximum absolute atomic E-state index is 14.8. The van der Waals surface area contributed by atoms with Crippen LogP contribution in [0.3, 0.4) is 0 Å². The Labute approximate surface area is 275 Å². The number of hydrogen-bond donors (Lipinski definition) is 0. The molecule has 1 aromatic heterocycles. The highest BCUT2D eigenvalue weighted by Crippen LogP contribution is 2.46. The van der Waals surface area contributed by atoms with Gasteiger partial charge in [-0.2, -0.15) is 22.1 Å². The van der Waals surface area contributed by atoms with Crippen LogP contribution in [0.4, 0.5) is 5.82 Å². The van der Waals surface area contributed by atoms with Crippen LogP contribution in [0.2, 0.25) is 0 Å². The lowest BCUT2D eigenvalue weighted by Gasteiger charge is -2.26. The molecule has 5 aromatic carbocycles. The van der Waals surface area contributed by atoms with Gasteiger partial charge in [-0.05, 0) is 54.8 Å². The molecule has 0 unspecified atom stereocenters. The summed E-state index contributed by atoms with van der Waals surface area (Å²) in [5.74, 6) is -0.268. The fourth-order valence-corrected chi connectivity index (χ4v) is 9.30. The Balaban J connectivity index is 1.80. The fourth-order valence-electron chi connectivity index (χ4n) is 5.57. The predicted molar refractivity (Wildman–Crippen MR) is 185 cm³/mol. The molecule has 0 amide bonds. The largest absolute Gasteiger partial charge is 0.320 e. The second-order valence-electron chi connectivity index (χ2n) is 11.2. The normalized spacial score (nSPS) is 11.6. The number of hydrogen-bond acceptors (Lipinski definition) is 5. The first-order valence-corrected chi connectivity index (χ1v) is 17.8. The van der Waals surface area contributed by atoms with Gasteiger partial charge in [0, 0.05) is 12.1 Å². The van der Waals surface area contributed by atoms with Crippen molar-refractivity contribution in [3.05, 3.63) is 162 Å². The Hall–Kier alpha value is -5.43. The molecule has 6 aromatic rings. The molecule has 9 heteroatoms. The summed E-state index contributed by atoms with van der Waals surface area (Å²) in [4.78, 5) is -0.449. The van der Waals surface area contributed by atoms with Crippen LogP contribution in [0.1, 0.15) is 22.3 Å². The maximum atomic E-state index is 14.8. The topological polar surface area (TPSA) is 100 Å². The highest BCUT2D eigenvalue weighted by molar-refractivity contribution is 8.10. The molecule has 0 atom stereocenters. The van der Waals surface area contributed by atoms with Crippen molar-refractivity contribution in [2.75, 3.05) is 3.71 Å². The van der Waals surface area contributed by atoms with Crippen LogP contribution in [0.25, 0.3) is 22.4 Å². The van der Waals surface area contributed by atoms with E-state index >= 15 is 0 Å². The van der Waals surface area contributed by atoms with Gasteiger partial charge >= 0.3 is 0 Å². The summed E-state index contributed by atoms with van der Waals surface area (Å²) in [7, 11) is -9.66. The molecule has 1 heterocycles. The first-order chi connectivity index (χ1) is 22.6. The number of benzene rings is 5. The van der Waals surface area contributed by atoms with Gasteiger partial charge in [0.2, 0.25) is 0 Å². The minimum atomic E-state index is -4.83. The van der Waals surface area contributed by atoms with Crippen molar-refractivity contribution in [1.82, 2.24) is 4.57 Å². The average Bonchev–Trinajstić information content (AvgIpc) is 3.39.